The lowest BCUT2D eigenvalue weighted by Gasteiger charge is -2.36. The van der Waals surface area contributed by atoms with Crippen LogP contribution in [0.1, 0.15) is 58.8 Å². The molecule has 1 N–H and O–H groups in total. The van der Waals surface area contributed by atoms with Gasteiger partial charge in [0, 0.05) is 13.2 Å². The van der Waals surface area contributed by atoms with Gasteiger partial charge in [-0.25, -0.2) is 0 Å². The minimum atomic E-state index is 0.329. The Hall–Kier alpha value is 0.270. The molecule has 0 aliphatic heterocycles. The highest BCUT2D eigenvalue weighted by Crippen LogP contribution is 2.32. The van der Waals surface area contributed by atoms with E-state index in [4.69, 9.17) is 5.11 Å². The van der Waals surface area contributed by atoms with Crippen molar-refractivity contribution in [2.45, 2.75) is 58.8 Å². The fourth-order valence-corrected chi connectivity index (χ4v) is 3.29. The van der Waals surface area contributed by atoms with Crippen LogP contribution in [-0.4, -0.2) is 42.5 Å². The first-order chi connectivity index (χ1) is 8.64. The fourth-order valence-electron chi connectivity index (χ4n) is 2.87. The van der Waals surface area contributed by atoms with Crippen molar-refractivity contribution in [2.24, 2.45) is 5.41 Å². The lowest BCUT2D eigenvalue weighted by atomic mass is 9.80. The van der Waals surface area contributed by atoms with E-state index in [1.165, 1.54) is 32.1 Å². The Bertz CT molecular complexity index is 181. The van der Waals surface area contributed by atoms with Crippen LogP contribution in [0.25, 0.3) is 0 Å². The molecule has 0 aliphatic carbocycles. The van der Waals surface area contributed by atoms with Crippen LogP contribution in [0.5, 0.6) is 0 Å². The molecule has 0 radical (unpaired) electrons. The van der Waals surface area contributed by atoms with Crippen molar-refractivity contribution >= 4 is 12.6 Å². The summed E-state index contributed by atoms with van der Waals surface area (Å²) in [6.07, 6.45) is 8.33. The second-order valence-electron chi connectivity index (χ2n) is 5.68. The smallest absolute Gasteiger partial charge is 0.0431 e. The van der Waals surface area contributed by atoms with E-state index >= 15 is 0 Å². The lowest BCUT2D eigenvalue weighted by molar-refractivity contribution is 0.167. The molecule has 0 amide bonds. The minimum Gasteiger partial charge on any atom is -0.396 e. The van der Waals surface area contributed by atoms with Crippen LogP contribution in [0.2, 0.25) is 0 Å². The van der Waals surface area contributed by atoms with Crippen molar-refractivity contribution in [3.05, 3.63) is 0 Å². The standard InChI is InChI=1S/C15H33NOS/c1-4-9-15(14-18,10-5-2)13-16(3)11-7-6-8-12-17/h17-18H,4-14H2,1-3H3. The number of unbranched alkanes of at least 4 members (excludes halogenated alkanes) is 2. The van der Waals surface area contributed by atoms with Crippen LogP contribution < -0.4 is 0 Å². The van der Waals surface area contributed by atoms with Gasteiger partial charge in [0.25, 0.3) is 0 Å². The maximum Gasteiger partial charge on any atom is 0.0431 e. The van der Waals surface area contributed by atoms with Crippen LogP contribution in [0.3, 0.4) is 0 Å². The van der Waals surface area contributed by atoms with Gasteiger partial charge in [0.05, 0.1) is 0 Å². The molecule has 0 aromatic heterocycles. The summed E-state index contributed by atoms with van der Waals surface area (Å²) >= 11 is 4.61. The number of nitrogens with zero attached hydrogens (tertiary/aromatic N) is 1. The molecule has 110 valence electrons. The third-order valence-electron chi connectivity index (χ3n) is 3.70. The first-order valence-corrected chi connectivity index (χ1v) is 8.17. The Balaban J connectivity index is 4.12. The van der Waals surface area contributed by atoms with Gasteiger partial charge in [-0.3, -0.25) is 0 Å². The number of aliphatic hydroxyl groups excluding tert-OH is 1. The molecule has 0 fully saturated rings. The fraction of sp³-hybridized carbons (Fsp3) is 1.00. The maximum absolute atomic E-state index is 8.77. The quantitative estimate of drug-likeness (QED) is 0.420. The first-order valence-electron chi connectivity index (χ1n) is 7.54. The van der Waals surface area contributed by atoms with Gasteiger partial charge >= 0.3 is 0 Å². The van der Waals surface area contributed by atoms with Gasteiger partial charge in [0.1, 0.15) is 0 Å². The van der Waals surface area contributed by atoms with Gasteiger partial charge < -0.3 is 10.0 Å². The summed E-state index contributed by atoms with van der Waals surface area (Å²) in [5.41, 5.74) is 0.401. The Kier molecular flexibility index (Phi) is 11.3. The summed E-state index contributed by atoms with van der Waals surface area (Å²) in [5.74, 6) is 0.996. The predicted molar refractivity (Wildman–Crippen MR) is 84.5 cm³/mol. The average Bonchev–Trinajstić information content (AvgIpc) is 2.35. The summed E-state index contributed by atoms with van der Waals surface area (Å²) in [6.45, 7) is 7.18. The molecule has 0 bridgehead atoms. The van der Waals surface area contributed by atoms with E-state index in [1.54, 1.807) is 0 Å². The average molecular weight is 276 g/mol. The highest BCUT2D eigenvalue weighted by Gasteiger charge is 2.27. The van der Waals surface area contributed by atoms with Crippen LogP contribution >= 0.6 is 12.6 Å². The molecule has 0 rings (SSSR count). The molecule has 0 aliphatic rings. The van der Waals surface area contributed by atoms with E-state index in [0.717, 1.165) is 31.7 Å². The van der Waals surface area contributed by atoms with Crippen LogP contribution in [0.15, 0.2) is 0 Å². The highest BCUT2D eigenvalue weighted by atomic mass is 32.1. The highest BCUT2D eigenvalue weighted by molar-refractivity contribution is 7.80. The summed E-state index contributed by atoms with van der Waals surface area (Å²) in [4.78, 5) is 2.46. The molecule has 2 nitrogen and oxygen atoms in total. The maximum atomic E-state index is 8.77. The van der Waals surface area contributed by atoms with Gasteiger partial charge in [-0.1, -0.05) is 26.7 Å². The number of aliphatic hydroxyl groups is 1. The predicted octanol–water partition coefficient (Wildman–Crippen LogP) is 3.60. The molecular formula is C15H33NOS. The Morgan fingerprint density at radius 3 is 2.11 bits per heavy atom. The van der Waals surface area contributed by atoms with Crippen LogP contribution in [0, 0.1) is 5.41 Å². The first kappa shape index (κ1) is 18.3. The summed E-state index contributed by atoms with van der Waals surface area (Å²) in [7, 11) is 2.22. The van der Waals surface area contributed by atoms with Crippen molar-refractivity contribution in [3.63, 3.8) is 0 Å². The minimum absolute atomic E-state index is 0.329. The van der Waals surface area contributed by atoms with Crippen molar-refractivity contribution in [2.75, 3.05) is 32.5 Å². The van der Waals surface area contributed by atoms with Crippen molar-refractivity contribution in [1.29, 1.82) is 0 Å². The molecule has 0 atom stereocenters. The molecule has 0 saturated heterocycles. The van der Waals surface area contributed by atoms with Gasteiger partial charge in [-0.05, 0) is 56.9 Å². The number of hydrogen-bond donors (Lipinski definition) is 2. The molecule has 0 saturated carbocycles. The Morgan fingerprint density at radius 2 is 1.67 bits per heavy atom. The molecule has 0 spiro atoms. The van der Waals surface area contributed by atoms with Gasteiger partial charge in [0.15, 0.2) is 0 Å². The molecule has 3 heteroatoms. The lowest BCUT2D eigenvalue weighted by Crippen LogP contribution is -2.37. The molecule has 0 heterocycles. The number of rotatable bonds is 12. The summed E-state index contributed by atoms with van der Waals surface area (Å²) in [6, 6.07) is 0. The zero-order valence-corrected chi connectivity index (χ0v) is 13.5. The van der Waals surface area contributed by atoms with Gasteiger partial charge in [-0.2, -0.15) is 12.6 Å². The largest absolute Gasteiger partial charge is 0.396 e. The number of thiol groups is 1. The summed E-state index contributed by atoms with van der Waals surface area (Å²) in [5, 5.41) is 8.77. The van der Waals surface area contributed by atoms with E-state index in [-0.39, 0.29) is 0 Å². The Labute approximate surface area is 120 Å². The van der Waals surface area contributed by atoms with E-state index < -0.39 is 0 Å². The third-order valence-corrected chi connectivity index (χ3v) is 4.37. The zero-order valence-electron chi connectivity index (χ0n) is 12.6. The zero-order chi connectivity index (χ0) is 13.9. The van der Waals surface area contributed by atoms with E-state index in [0.29, 0.717) is 12.0 Å². The monoisotopic (exact) mass is 275 g/mol. The molecule has 18 heavy (non-hydrogen) atoms. The topological polar surface area (TPSA) is 23.5 Å². The van der Waals surface area contributed by atoms with E-state index in [9.17, 15) is 0 Å². The van der Waals surface area contributed by atoms with E-state index in [2.05, 4.69) is 38.4 Å². The van der Waals surface area contributed by atoms with Gasteiger partial charge in [0.2, 0.25) is 0 Å². The second kappa shape index (κ2) is 11.1. The molecule has 0 unspecified atom stereocenters. The van der Waals surface area contributed by atoms with Crippen molar-refractivity contribution < 1.29 is 5.11 Å². The normalized spacial score (nSPS) is 12.3. The van der Waals surface area contributed by atoms with Crippen molar-refractivity contribution in [3.8, 4) is 0 Å². The van der Waals surface area contributed by atoms with Crippen LogP contribution in [-0.2, 0) is 0 Å². The van der Waals surface area contributed by atoms with Crippen LogP contribution in [0.4, 0.5) is 0 Å². The third kappa shape index (κ3) is 7.65. The number of hydrogen-bond acceptors (Lipinski definition) is 3. The molecule has 0 aromatic rings. The molecule has 0 aromatic carbocycles. The van der Waals surface area contributed by atoms with Crippen molar-refractivity contribution in [1.82, 2.24) is 4.90 Å². The SMILES string of the molecule is CCCC(CS)(CCC)CN(C)CCCCCO. The summed E-state index contributed by atoms with van der Waals surface area (Å²) < 4.78 is 0. The van der Waals surface area contributed by atoms with Gasteiger partial charge in [-0.15, -0.1) is 0 Å². The van der Waals surface area contributed by atoms with E-state index in [1.807, 2.05) is 0 Å². The second-order valence-corrected chi connectivity index (χ2v) is 6.00. The Morgan fingerprint density at radius 1 is 1.06 bits per heavy atom. The molecular weight excluding hydrogens is 242 g/mol.